The lowest BCUT2D eigenvalue weighted by atomic mass is 10.2. The van der Waals surface area contributed by atoms with Gasteiger partial charge in [0.2, 0.25) is 0 Å². The Morgan fingerprint density at radius 2 is 2.29 bits per heavy atom. The van der Waals surface area contributed by atoms with E-state index in [1.807, 2.05) is 27.1 Å². The van der Waals surface area contributed by atoms with Gasteiger partial charge >= 0.3 is 5.97 Å². The molecule has 0 aromatic carbocycles. The van der Waals surface area contributed by atoms with E-state index in [2.05, 4.69) is 10.1 Å². The zero-order valence-corrected chi connectivity index (χ0v) is 10.7. The molecule has 0 aliphatic heterocycles. The van der Waals surface area contributed by atoms with Crippen molar-refractivity contribution in [3.8, 4) is 10.6 Å². The molecule has 2 rings (SSSR count). The molecule has 5 nitrogen and oxygen atoms in total. The SMILES string of the molecule is CCc1nc(-c2cn(C)nc2C)sc1C(=O)O. The third kappa shape index (κ3) is 2.08. The number of hydrogen-bond donors (Lipinski definition) is 1. The van der Waals surface area contributed by atoms with Crippen LogP contribution in [0, 0.1) is 6.92 Å². The van der Waals surface area contributed by atoms with Crippen molar-refractivity contribution in [3.63, 3.8) is 0 Å². The van der Waals surface area contributed by atoms with Crippen LogP contribution in [0.3, 0.4) is 0 Å². The molecule has 0 atom stereocenters. The summed E-state index contributed by atoms with van der Waals surface area (Å²) >= 11 is 1.21. The Bertz CT molecular complexity index is 571. The van der Waals surface area contributed by atoms with Gasteiger partial charge in [-0.2, -0.15) is 5.10 Å². The first-order valence-electron chi connectivity index (χ1n) is 5.26. The van der Waals surface area contributed by atoms with Crippen molar-refractivity contribution in [1.82, 2.24) is 14.8 Å². The van der Waals surface area contributed by atoms with Crippen LogP contribution < -0.4 is 0 Å². The molecule has 0 spiro atoms. The Morgan fingerprint density at radius 3 is 2.71 bits per heavy atom. The van der Waals surface area contributed by atoms with Gasteiger partial charge in [-0.15, -0.1) is 11.3 Å². The number of aryl methyl sites for hydroxylation is 3. The average Bonchev–Trinajstić information content (AvgIpc) is 2.81. The van der Waals surface area contributed by atoms with Gasteiger partial charge in [0.1, 0.15) is 9.88 Å². The molecule has 0 aliphatic rings. The fourth-order valence-electron chi connectivity index (χ4n) is 1.68. The molecule has 90 valence electrons. The van der Waals surface area contributed by atoms with E-state index >= 15 is 0 Å². The first-order chi connectivity index (χ1) is 8.02. The van der Waals surface area contributed by atoms with E-state index < -0.39 is 5.97 Å². The number of nitrogens with zero attached hydrogens (tertiary/aromatic N) is 3. The largest absolute Gasteiger partial charge is 0.477 e. The van der Waals surface area contributed by atoms with Gasteiger partial charge in [0, 0.05) is 13.2 Å². The zero-order valence-electron chi connectivity index (χ0n) is 9.89. The van der Waals surface area contributed by atoms with Crippen molar-refractivity contribution < 1.29 is 9.90 Å². The molecule has 0 unspecified atom stereocenters. The lowest BCUT2D eigenvalue weighted by molar-refractivity contribution is 0.0701. The van der Waals surface area contributed by atoms with Gasteiger partial charge in [-0.05, 0) is 13.3 Å². The lowest BCUT2D eigenvalue weighted by Gasteiger charge is -1.90. The molecule has 0 bridgehead atoms. The molecule has 17 heavy (non-hydrogen) atoms. The number of carbonyl (C=O) groups is 1. The van der Waals surface area contributed by atoms with Gasteiger partial charge in [-0.3, -0.25) is 4.68 Å². The maximum Gasteiger partial charge on any atom is 0.347 e. The summed E-state index contributed by atoms with van der Waals surface area (Å²) in [6, 6.07) is 0. The summed E-state index contributed by atoms with van der Waals surface area (Å²) in [7, 11) is 1.84. The average molecular weight is 251 g/mol. The van der Waals surface area contributed by atoms with Crippen LogP contribution in [0.2, 0.25) is 0 Å². The van der Waals surface area contributed by atoms with Crippen LogP contribution in [0.5, 0.6) is 0 Å². The van der Waals surface area contributed by atoms with E-state index in [1.54, 1.807) is 4.68 Å². The highest BCUT2D eigenvalue weighted by Gasteiger charge is 2.18. The molecule has 0 saturated carbocycles. The number of aromatic carboxylic acids is 1. The minimum atomic E-state index is -0.910. The first-order valence-corrected chi connectivity index (χ1v) is 6.08. The van der Waals surface area contributed by atoms with Crippen molar-refractivity contribution in [2.45, 2.75) is 20.3 Å². The van der Waals surface area contributed by atoms with Crippen LogP contribution >= 0.6 is 11.3 Å². The molecule has 2 heterocycles. The fraction of sp³-hybridized carbons (Fsp3) is 0.364. The summed E-state index contributed by atoms with van der Waals surface area (Å²) in [5, 5.41) is 14.0. The molecular weight excluding hydrogens is 238 g/mol. The Hall–Kier alpha value is -1.69. The quantitative estimate of drug-likeness (QED) is 0.907. The number of hydrogen-bond acceptors (Lipinski definition) is 4. The zero-order chi connectivity index (χ0) is 12.6. The van der Waals surface area contributed by atoms with Crippen LogP contribution in [0.15, 0.2) is 6.20 Å². The van der Waals surface area contributed by atoms with Gasteiger partial charge in [-0.1, -0.05) is 6.92 Å². The van der Waals surface area contributed by atoms with E-state index in [9.17, 15) is 4.79 Å². The van der Waals surface area contributed by atoms with Crippen LogP contribution in [0.25, 0.3) is 10.6 Å². The van der Waals surface area contributed by atoms with E-state index in [-0.39, 0.29) is 0 Å². The van der Waals surface area contributed by atoms with E-state index in [1.165, 1.54) is 11.3 Å². The smallest absolute Gasteiger partial charge is 0.347 e. The Balaban J connectivity index is 2.53. The predicted molar refractivity (Wildman–Crippen MR) is 65.4 cm³/mol. The summed E-state index contributed by atoms with van der Waals surface area (Å²) in [6.07, 6.45) is 2.48. The molecular formula is C11H13N3O2S. The molecule has 1 N–H and O–H groups in total. The first kappa shape index (κ1) is 11.8. The molecule has 0 aliphatic carbocycles. The Kier molecular flexibility index (Phi) is 2.97. The summed E-state index contributed by atoms with van der Waals surface area (Å²) in [6.45, 7) is 3.80. The maximum atomic E-state index is 11.1. The molecule has 0 saturated heterocycles. The van der Waals surface area contributed by atoms with Crippen LogP contribution in [0.4, 0.5) is 0 Å². The van der Waals surface area contributed by atoms with Gasteiger partial charge in [0.15, 0.2) is 0 Å². The standard InChI is InChI=1S/C11H13N3O2S/c1-4-8-9(11(15)16)17-10(12-8)7-5-14(3)13-6(7)2/h5H,4H2,1-3H3,(H,15,16). The maximum absolute atomic E-state index is 11.1. The van der Waals surface area contributed by atoms with Crippen molar-refractivity contribution >= 4 is 17.3 Å². The molecule has 6 heteroatoms. The number of rotatable bonds is 3. The molecule has 2 aromatic heterocycles. The number of carboxylic acids is 1. The summed E-state index contributed by atoms with van der Waals surface area (Å²) in [5.74, 6) is -0.910. The summed E-state index contributed by atoms with van der Waals surface area (Å²) < 4.78 is 1.71. The van der Waals surface area contributed by atoms with Gasteiger partial charge in [0.05, 0.1) is 17.0 Å². The Morgan fingerprint density at radius 1 is 1.59 bits per heavy atom. The van der Waals surface area contributed by atoms with E-state index in [4.69, 9.17) is 5.11 Å². The topological polar surface area (TPSA) is 68.0 Å². The Labute approximate surface area is 103 Å². The number of aromatic nitrogens is 3. The third-order valence-electron chi connectivity index (χ3n) is 2.47. The van der Waals surface area contributed by atoms with Crippen molar-refractivity contribution in [2.75, 3.05) is 0 Å². The highest BCUT2D eigenvalue weighted by molar-refractivity contribution is 7.17. The van der Waals surface area contributed by atoms with Crippen molar-refractivity contribution in [2.24, 2.45) is 7.05 Å². The highest BCUT2D eigenvalue weighted by Crippen LogP contribution is 2.30. The summed E-state index contributed by atoms with van der Waals surface area (Å²) in [4.78, 5) is 15.8. The fourth-order valence-corrected chi connectivity index (χ4v) is 2.74. The second-order valence-corrected chi connectivity index (χ2v) is 4.75. The highest BCUT2D eigenvalue weighted by atomic mass is 32.1. The predicted octanol–water partition coefficient (Wildman–Crippen LogP) is 2.11. The van der Waals surface area contributed by atoms with Crippen LogP contribution in [0.1, 0.15) is 28.0 Å². The van der Waals surface area contributed by atoms with Gasteiger partial charge in [0.25, 0.3) is 0 Å². The van der Waals surface area contributed by atoms with Crippen molar-refractivity contribution in [1.29, 1.82) is 0 Å². The summed E-state index contributed by atoms with van der Waals surface area (Å²) in [5.41, 5.74) is 2.40. The molecule has 0 amide bonds. The minimum Gasteiger partial charge on any atom is -0.477 e. The van der Waals surface area contributed by atoms with Crippen LogP contribution in [-0.4, -0.2) is 25.8 Å². The minimum absolute atomic E-state index is 0.325. The van der Waals surface area contributed by atoms with Crippen molar-refractivity contribution in [3.05, 3.63) is 22.5 Å². The molecule has 2 aromatic rings. The third-order valence-corrected chi connectivity index (χ3v) is 3.59. The van der Waals surface area contributed by atoms with E-state index in [0.717, 1.165) is 16.3 Å². The number of carboxylic acid groups (broad SMARTS) is 1. The number of thiazole rings is 1. The lowest BCUT2D eigenvalue weighted by Crippen LogP contribution is -1.97. The second-order valence-electron chi connectivity index (χ2n) is 3.76. The van der Waals surface area contributed by atoms with Crippen LogP contribution in [-0.2, 0) is 13.5 Å². The molecule has 0 radical (unpaired) electrons. The monoisotopic (exact) mass is 251 g/mol. The second kappa shape index (κ2) is 4.29. The molecule has 0 fully saturated rings. The van der Waals surface area contributed by atoms with Gasteiger partial charge in [-0.25, -0.2) is 9.78 Å². The van der Waals surface area contributed by atoms with Gasteiger partial charge < -0.3 is 5.11 Å². The van der Waals surface area contributed by atoms with E-state index in [0.29, 0.717) is 17.0 Å². The normalized spacial score (nSPS) is 10.8.